The molecule has 0 amide bonds. The summed E-state index contributed by atoms with van der Waals surface area (Å²) >= 11 is 0. The lowest BCUT2D eigenvalue weighted by atomic mass is 10.1. The summed E-state index contributed by atoms with van der Waals surface area (Å²) in [4.78, 5) is 5.61. The Bertz CT molecular complexity index is 599. The number of allylic oxidation sites excluding steroid dienone is 4. The topological polar surface area (TPSA) is 6.48 Å². The molecule has 0 radical (unpaired) electrons. The molecule has 0 aliphatic carbocycles. The van der Waals surface area contributed by atoms with Crippen molar-refractivity contribution in [1.29, 1.82) is 0 Å². The number of hydrogen-bond acceptors (Lipinski definition) is 2. The van der Waals surface area contributed by atoms with Gasteiger partial charge in [-0.05, 0) is 129 Å². The van der Waals surface area contributed by atoms with Gasteiger partial charge in [-0.1, -0.05) is 180 Å². The van der Waals surface area contributed by atoms with E-state index in [1.165, 1.54) is 258 Å². The van der Waals surface area contributed by atoms with E-state index in [-0.39, 0.29) is 0 Å². The lowest BCUT2D eigenvalue weighted by molar-refractivity contribution is 0.231. The van der Waals surface area contributed by atoms with Crippen LogP contribution in [0.25, 0.3) is 0 Å². The van der Waals surface area contributed by atoms with Crippen LogP contribution in [0.15, 0.2) is 24.3 Å². The number of rotatable bonds is 43. The van der Waals surface area contributed by atoms with Crippen LogP contribution in [-0.2, 0) is 0 Å². The van der Waals surface area contributed by atoms with Gasteiger partial charge in [0.2, 0.25) is 0 Å². The molecule has 0 atom stereocenters. The Labute approximate surface area is 318 Å². The first-order valence-electron chi connectivity index (χ1n) is 23.5. The Kier molecular flexibility index (Phi) is 44.0. The van der Waals surface area contributed by atoms with Gasteiger partial charge in [0, 0.05) is 0 Å². The van der Waals surface area contributed by atoms with Gasteiger partial charge in [0.05, 0.1) is 0 Å². The lowest BCUT2D eigenvalue weighted by Gasteiger charge is -2.25. The molecule has 0 spiro atoms. The molecule has 0 heterocycles. The van der Waals surface area contributed by atoms with Crippen molar-refractivity contribution in [3.63, 3.8) is 0 Å². The van der Waals surface area contributed by atoms with Crippen LogP contribution in [-0.4, -0.2) is 49.1 Å². The molecule has 0 N–H and O–H groups in total. The van der Waals surface area contributed by atoms with E-state index in [1.54, 1.807) is 0 Å². The lowest BCUT2D eigenvalue weighted by Crippen LogP contribution is -2.30. The predicted octanol–water partition coefficient (Wildman–Crippen LogP) is 16.0. The number of nitrogens with zero attached hydrogens (tertiary/aromatic N) is 2. The average molecular weight is 701 g/mol. The second-order valence-electron chi connectivity index (χ2n) is 16.0. The van der Waals surface area contributed by atoms with Crippen molar-refractivity contribution >= 4 is 0 Å². The predicted molar refractivity (Wildman–Crippen MR) is 231 cm³/mol. The van der Waals surface area contributed by atoms with Crippen molar-refractivity contribution in [1.82, 2.24) is 9.80 Å². The molecule has 50 heavy (non-hydrogen) atoms. The normalized spacial score (nSPS) is 12.2. The summed E-state index contributed by atoms with van der Waals surface area (Å²) in [6, 6.07) is 0. The molecule has 0 aliphatic heterocycles. The van der Waals surface area contributed by atoms with Crippen molar-refractivity contribution in [3.8, 4) is 0 Å². The van der Waals surface area contributed by atoms with Crippen molar-refractivity contribution in [2.45, 2.75) is 246 Å². The zero-order chi connectivity index (χ0) is 36.3. The molecule has 2 nitrogen and oxygen atoms in total. The SMILES string of the molecule is CCCCCCCC/C=C/CCCCCCCCN(CCCC)CCCCN(CCCC)CCCCCCCC/C=C/CCCCCCCC. The third-order valence-corrected chi connectivity index (χ3v) is 10.8. The summed E-state index contributed by atoms with van der Waals surface area (Å²) < 4.78 is 0. The fraction of sp³-hybridized carbons (Fsp3) is 0.917. The third-order valence-electron chi connectivity index (χ3n) is 10.8. The quantitative estimate of drug-likeness (QED) is 0.0461. The van der Waals surface area contributed by atoms with Crippen LogP contribution in [0.1, 0.15) is 246 Å². The van der Waals surface area contributed by atoms with Crippen LogP contribution in [0.5, 0.6) is 0 Å². The molecule has 0 rings (SSSR count). The molecule has 0 unspecified atom stereocenters. The van der Waals surface area contributed by atoms with E-state index < -0.39 is 0 Å². The second-order valence-corrected chi connectivity index (χ2v) is 16.0. The molecule has 2 heteroatoms. The Hall–Kier alpha value is -0.600. The first-order chi connectivity index (χ1) is 24.8. The van der Waals surface area contributed by atoms with Crippen LogP contribution >= 0.6 is 0 Å². The summed E-state index contributed by atoms with van der Waals surface area (Å²) in [7, 11) is 0. The minimum Gasteiger partial charge on any atom is -0.303 e. The molecular formula is C48H96N2. The molecule has 0 fully saturated rings. The van der Waals surface area contributed by atoms with Gasteiger partial charge in [-0.3, -0.25) is 0 Å². The van der Waals surface area contributed by atoms with E-state index in [0.29, 0.717) is 0 Å². The summed E-state index contributed by atoms with van der Waals surface area (Å²) in [6.07, 6.45) is 57.2. The maximum Gasteiger partial charge on any atom is -0.00183 e. The third kappa shape index (κ3) is 40.2. The summed E-state index contributed by atoms with van der Waals surface area (Å²) in [5.41, 5.74) is 0. The van der Waals surface area contributed by atoms with Crippen LogP contribution in [0.3, 0.4) is 0 Å². The zero-order valence-electron chi connectivity index (χ0n) is 35.5. The van der Waals surface area contributed by atoms with E-state index >= 15 is 0 Å². The Balaban J connectivity index is 3.88. The molecule has 0 aliphatic rings. The van der Waals surface area contributed by atoms with Crippen molar-refractivity contribution in [2.24, 2.45) is 0 Å². The van der Waals surface area contributed by atoms with E-state index in [1.807, 2.05) is 0 Å². The van der Waals surface area contributed by atoms with E-state index in [0.717, 1.165) is 0 Å². The average Bonchev–Trinajstić information content (AvgIpc) is 3.13. The summed E-state index contributed by atoms with van der Waals surface area (Å²) in [6.45, 7) is 17.2. The first kappa shape index (κ1) is 49.4. The smallest absolute Gasteiger partial charge is 0.00183 e. The number of hydrogen-bond donors (Lipinski definition) is 0. The Morgan fingerprint density at radius 3 is 0.700 bits per heavy atom. The highest BCUT2D eigenvalue weighted by Gasteiger charge is 2.07. The van der Waals surface area contributed by atoms with E-state index in [2.05, 4.69) is 61.8 Å². The van der Waals surface area contributed by atoms with Gasteiger partial charge in [-0.25, -0.2) is 0 Å². The van der Waals surface area contributed by atoms with Crippen molar-refractivity contribution < 1.29 is 0 Å². The largest absolute Gasteiger partial charge is 0.303 e. The van der Waals surface area contributed by atoms with Crippen molar-refractivity contribution in [2.75, 3.05) is 39.3 Å². The standard InChI is InChI=1S/C48H96N2/c1-5-9-13-15-17-19-21-23-25-27-29-31-33-35-37-39-45-49(43-11-7-3)47-41-42-48-50(44-12-8-4)46-40-38-36-34-32-30-28-26-24-22-20-18-16-14-10-6-2/h23-26H,5-22,27-48H2,1-4H3/b25-23+,26-24+. The number of unbranched alkanes of at least 4 members (excludes halogenated alkanes) is 27. The maximum atomic E-state index is 2.81. The molecule has 0 aromatic heterocycles. The highest BCUT2D eigenvalue weighted by Crippen LogP contribution is 2.13. The minimum atomic E-state index is 1.30. The van der Waals surface area contributed by atoms with Crippen LogP contribution in [0.2, 0.25) is 0 Å². The van der Waals surface area contributed by atoms with Crippen LogP contribution < -0.4 is 0 Å². The zero-order valence-corrected chi connectivity index (χ0v) is 35.5. The molecule has 0 bridgehead atoms. The highest BCUT2D eigenvalue weighted by molar-refractivity contribution is 4.82. The molecule has 0 saturated heterocycles. The Morgan fingerprint density at radius 1 is 0.220 bits per heavy atom. The second kappa shape index (κ2) is 44.6. The van der Waals surface area contributed by atoms with Crippen LogP contribution in [0, 0.1) is 0 Å². The van der Waals surface area contributed by atoms with Gasteiger partial charge in [-0.2, -0.15) is 0 Å². The van der Waals surface area contributed by atoms with Gasteiger partial charge in [-0.15, -0.1) is 0 Å². The van der Waals surface area contributed by atoms with Gasteiger partial charge in [0.15, 0.2) is 0 Å². The van der Waals surface area contributed by atoms with Gasteiger partial charge in [0.25, 0.3) is 0 Å². The van der Waals surface area contributed by atoms with Gasteiger partial charge in [0.1, 0.15) is 0 Å². The molecular weight excluding hydrogens is 605 g/mol. The molecule has 298 valence electrons. The van der Waals surface area contributed by atoms with Crippen molar-refractivity contribution in [3.05, 3.63) is 24.3 Å². The van der Waals surface area contributed by atoms with E-state index in [9.17, 15) is 0 Å². The minimum absolute atomic E-state index is 1.30. The monoisotopic (exact) mass is 701 g/mol. The maximum absolute atomic E-state index is 2.81. The molecule has 0 saturated carbocycles. The molecule has 0 aromatic carbocycles. The highest BCUT2D eigenvalue weighted by atomic mass is 15.1. The van der Waals surface area contributed by atoms with Gasteiger partial charge < -0.3 is 9.80 Å². The first-order valence-corrected chi connectivity index (χ1v) is 23.5. The van der Waals surface area contributed by atoms with Crippen LogP contribution in [0.4, 0.5) is 0 Å². The fourth-order valence-electron chi connectivity index (χ4n) is 7.27. The van der Waals surface area contributed by atoms with Gasteiger partial charge >= 0.3 is 0 Å². The Morgan fingerprint density at radius 2 is 0.420 bits per heavy atom. The molecule has 0 aromatic rings. The van der Waals surface area contributed by atoms with E-state index in [4.69, 9.17) is 0 Å². The fourth-order valence-corrected chi connectivity index (χ4v) is 7.27. The summed E-state index contributed by atoms with van der Waals surface area (Å²) in [5, 5.41) is 0. The summed E-state index contributed by atoms with van der Waals surface area (Å²) in [5.74, 6) is 0.